The molecule has 2 aliphatic rings. The van der Waals surface area contributed by atoms with Gasteiger partial charge in [-0.2, -0.15) is 13.2 Å². The summed E-state index contributed by atoms with van der Waals surface area (Å²) in [7, 11) is 0. The lowest BCUT2D eigenvalue weighted by Gasteiger charge is -2.22. The van der Waals surface area contributed by atoms with Gasteiger partial charge in [-0.3, -0.25) is 0 Å². The zero-order chi connectivity index (χ0) is 18.6. The standard InChI is InChI=1S/C17H23F3N4O2/c1-2-21-16(24-13-10-11-5-6-14(13)26-11)23-8-9-25-15-12(17(18,19)20)4-3-7-22-15/h3-4,7,11,13-14H,2,5-6,8-10H2,1H3,(H2,21,23,24). The van der Waals surface area contributed by atoms with E-state index in [-0.39, 0.29) is 25.3 Å². The maximum Gasteiger partial charge on any atom is 0.421 e. The van der Waals surface area contributed by atoms with Crippen LogP contribution in [0.25, 0.3) is 0 Å². The van der Waals surface area contributed by atoms with Crippen LogP contribution in [0.2, 0.25) is 0 Å². The quantitative estimate of drug-likeness (QED) is 0.456. The molecule has 0 amide bonds. The monoisotopic (exact) mass is 372 g/mol. The first kappa shape index (κ1) is 18.8. The van der Waals surface area contributed by atoms with Gasteiger partial charge >= 0.3 is 6.18 Å². The number of aliphatic imine (C=N–C) groups is 1. The Hall–Kier alpha value is -2.03. The predicted octanol–water partition coefficient (Wildman–Crippen LogP) is 2.35. The molecule has 0 aromatic carbocycles. The molecule has 9 heteroatoms. The highest BCUT2D eigenvalue weighted by Crippen LogP contribution is 2.35. The molecule has 3 heterocycles. The van der Waals surface area contributed by atoms with Crippen LogP contribution in [0.4, 0.5) is 13.2 Å². The molecule has 26 heavy (non-hydrogen) atoms. The Bertz CT molecular complexity index is 639. The summed E-state index contributed by atoms with van der Waals surface area (Å²) in [6.45, 7) is 2.86. The summed E-state index contributed by atoms with van der Waals surface area (Å²) in [6.07, 6.45) is 0.422. The number of halogens is 3. The highest BCUT2D eigenvalue weighted by Gasteiger charge is 2.41. The third kappa shape index (κ3) is 4.57. The lowest BCUT2D eigenvalue weighted by molar-refractivity contribution is -0.139. The third-order valence-electron chi connectivity index (χ3n) is 4.45. The van der Waals surface area contributed by atoms with E-state index in [1.54, 1.807) is 0 Å². The fourth-order valence-corrected chi connectivity index (χ4v) is 3.31. The molecule has 0 aliphatic carbocycles. The lowest BCUT2D eigenvalue weighted by atomic mass is 9.96. The van der Waals surface area contributed by atoms with Crippen LogP contribution in [0.5, 0.6) is 5.88 Å². The minimum absolute atomic E-state index is 0.00386. The minimum Gasteiger partial charge on any atom is -0.475 e. The van der Waals surface area contributed by atoms with E-state index in [4.69, 9.17) is 9.47 Å². The Labute approximate surface area is 150 Å². The summed E-state index contributed by atoms with van der Waals surface area (Å²) in [5.74, 6) is 0.198. The molecule has 2 bridgehead atoms. The number of guanidine groups is 1. The molecule has 144 valence electrons. The van der Waals surface area contributed by atoms with Crippen molar-refractivity contribution in [1.82, 2.24) is 15.6 Å². The van der Waals surface area contributed by atoms with Crippen LogP contribution in [-0.2, 0) is 10.9 Å². The molecule has 1 aromatic heterocycles. The van der Waals surface area contributed by atoms with Crippen molar-refractivity contribution in [3.8, 4) is 5.88 Å². The number of nitrogens with one attached hydrogen (secondary N) is 2. The van der Waals surface area contributed by atoms with E-state index >= 15 is 0 Å². The number of hydrogen-bond donors (Lipinski definition) is 2. The average Bonchev–Trinajstić information content (AvgIpc) is 3.21. The number of hydrogen-bond acceptors (Lipinski definition) is 4. The molecule has 3 rings (SSSR count). The first-order valence-corrected chi connectivity index (χ1v) is 8.82. The fourth-order valence-electron chi connectivity index (χ4n) is 3.31. The Morgan fingerprint density at radius 3 is 2.92 bits per heavy atom. The van der Waals surface area contributed by atoms with Gasteiger partial charge in [-0.1, -0.05) is 0 Å². The van der Waals surface area contributed by atoms with Crippen LogP contribution < -0.4 is 15.4 Å². The predicted molar refractivity (Wildman–Crippen MR) is 90.1 cm³/mol. The number of nitrogens with zero attached hydrogens (tertiary/aromatic N) is 2. The topological polar surface area (TPSA) is 67.8 Å². The van der Waals surface area contributed by atoms with Crippen molar-refractivity contribution in [1.29, 1.82) is 0 Å². The first-order chi connectivity index (χ1) is 12.5. The van der Waals surface area contributed by atoms with E-state index in [1.807, 2.05) is 6.92 Å². The molecule has 1 aromatic rings. The maximum absolute atomic E-state index is 12.9. The summed E-state index contributed by atoms with van der Waals surface area (Å²) >= 11 is 0. The number of alkyl halides is 3. The zero-order valence-corrected chi connectivity index (χ0v) is 14.6. The van der Waals surface area contributed by atoms with E-state index < -0.39 is 17.6 Å². The molecule has 3 atom stereocenters. The Morgan fingerprint density at radius 2 is 2.27 bits per heavy atom. The molecular formula is C17H23F3N4O2. The summed E-state index contributed by atoms with van der Waals surface area (Å²) in [4.78, 5) is 8.04. The largest absolute Gasteiger partial charge is 0.475 e. The smallest absolute Gasteiger partial charge is 0.421 e. The molecule has 3 unspecified atom stereocenters. The van der Waals surface area contributed by atoms with E-state index in [1.165, 1.54) is 12.3 Å². The second-order valence-electron chi connectivity index (χ2n) is 6.32. The van der Waals surface area contributed by atoms with Crippen LogP contribution in [-0.4, -0.2) is 48.9 Å². The molecule has 6 nitrogen and oxygen atoms in total. The average molecular weight is 372 g/mol. The molecular weight excluding hydrogens is 349 g/mol. The van der Waals surface area contributed by atoms with Crippen molar-refractivity contribution < 1.29 is 22.6 Å². The molecule has 0 saturated carbocycles. The number of rotatable bonds is 6. The summed E-state index contributed by atoms with van der Waals surface area (Å²) in [5.41, 5.74) is -0.881. The second-order valence-corrected chi connectivity index (χ2v) is 6.32. The lowest BCUT2D eigenvalue weighted by Crippen LogP contribution is -2.47. The Morgan fingerprint density at radius 1 is 1.42 bits per heavy atom. The zero-order valence-electron chi connectivity index (χ0n) is 14.6. The van der Waals surface area contributed by atoms with Crippen molar-refractivity contribution in [3.63, 3.8) is 0 Å². The Balaban J connectivity index is 1.53. The summed E-state index contributed by atoms with van der Waals surface area (Å²) in [6, 6.07) is 2.41. The third-order valence-corrected chi connectivity index (χ3v) is 4.45. The van der Waals surface area contributed by atoms with Gasteiger partial charge in [0.05, 0.1) is 24.8 Å². The molecule has 0 spiro atoms. The van der Waals surface area contributed by atoms with Crippen molar-refractivity contribution in [2.45, 2.75) is 50.6 Å². The number of fused-ring (bicyclic) bond motifs is 2. The molecule has 2 saturated heterocycles. The van der Waals surface area contributed by atoms with Crippen LogP contribution in [0, 0.1) is 0 Å². The van der Waals surface area contributed by atoms with Gasteiger partial charge in [0, 0.05) is 12.7 Å². The van der Waals surface area contributed by atoms with Gasteiger partial charge < -0.3 is 20.1 Å². The molecule has 2 aliphatic heterocycles. The van der Waals surface area contributed by atoms with Gasteiger partial charge in [0.25, 0.3) is 0 Å². The molecule has 0 radical (unpaired) electrons. The normalized spacial score (nSPS) is 25.4. The number of aromatic nitrogens is 1. The van der Waals surface area contributed by atoms with Gasteiger partial charge in [-0.25, -0.2) is 9.98 Å². The highest BCUT2D eigenvalue weighted by molar-refractivity contribution is 5.80. The van der Waals surface area contributed by atoms with E-state index in [0.717, 1.165) is 25.3 Å². The number of pyridine rings is 1. The second kappa shape index (κ2) is 8.11. The SMILES string of the molecule is CCNC(=NCCOc1ncccc1C(F)(F)F)NC1CC2CCC1O2. The van der Waals surface area contributed by atoms with Crippen molar-refractivity contribution >= 4 is 5.96 Å². The van der Waals surface area contributed by atoms with E-state index in [2.05, 4.69) is 20.6 Å². The Kier molecular flexibility index (Phi) is 5.85. The van der Waals surface area contributed by atoms with Gasteiger partial charge in [0.15, 0.2) is 5.96 Å². The van der Waals surface area contributed by atoms with Crippen LogP contribution in [0.15, 0.2) is 23.3 Å². The van der Waals surface area contributed by atoms with Crippen LogP contribution in [0.1, 0.15) is 31.7 Å². The fraction of sp³-hybridized carbons (Fsp3) is 0.647. The van der Waals surface area contributed by atoms with Crippen LogP contribution >= 0.6 is 0 Å². The van der Waals surface area contributed by atoms with Gasteiger partial charge in [0.2, 0.25) is 5.88 Å². The van der Waals surface area contributed by atoms with Gasteiger partial charge in [-0.05, 0) is 38.3 Å². The van der Waals surface area contributed by atoms with E-state index in [0.29, 0.717) is 18.6 Å². The van der Waals surface area contributed by atoms with Crippen molar-refractivity contribution in [2.24, 2.45) is 4.99 Å². The summed E-state index contributed by atoms with van der Waals surface area (Å²) < 4.78 is 49.7. The van der Waals surface area contributed by atoms with Crippen molar-refractivity contribution in [2.75, 3.05) is 19.7 Å². The maximum atomic E-state index is 12.9. The molecule has 2 N–H and O–H groups in total. The van der Waals surface area contributed by atoms with Crippen LogP contribution in [0.3, 0.4) is 0 Å². The van der Waals surface area contributed by atoms with Gasteiger partial charge in [0.1, 0.15) is 12.2 Å². The first-order valence-electron chi connectivity index (χ1n) is 8.82. The van der Waals surface area contributed by atoms with Crippen molar-refractivity contribution in [3.05, 3.63) is 23.9 Å². The molecule has 2 fully saturated rings. The summed E-state index contributed by atoms with van der Waals surface area (Å²) in [5, 5.41) is 6.48. The number of ether oxygens (including phenoxy) is 2. The van der Waals surface area contributed by atoms with E-state index in [9.17, 15) is 13.2 Å². The highest BCUT2D eigenvalue weighted by atomic mass is 19.4. The van der Waals surface area contributed by atoms with Gasteiger partial charge in [-0.15, -0.1) is 0 Å². The minimum atomic E-state index is -4.49.